The first-order valence-electron chi connectivity index (χ1n) is 10.3. The molecule has 0 aromatic rings. The van der Waals surface area contributed by atoms with E-state index in [-0.39, 0.29) is 11.8 Å². The Labute approximate surface area is 152 Å². The number of nitrogens with zero attached hydrogens (tertiary/aromatic N) is 2. The number of carbonyl (C=O) groups excluding carboxylic acids is 2. The van der Waals surface area contributed by atoms with E-state index in [1.165, 1.54) is 0 Å². The minimum atomic E-state index is 0.167. The fraction of sp³-hybridized carbons (Fsp3) is 0.900. The van der Waals surface area contributed by atoms with Crippen LogP contribution < -0.4 is 5.32 Å². The van der Waals surface area contributed by atoms with Gasteiger partial charge >= 0.3 is 0 Å². The van der Waals surface area contributed by atoms with E-state index >= 15 is 0 Å². The van der Waals surface area contributed by atoms with Crippen LogP contribution >= 0.6 is 0 Å². The Hall–Kier alpha value is -1.10. The number of piperidine rings is 2. The van der Waals surface area contributed by atoms with Gasteiger partial charge < -0.3 is 10.2 Å². The Bertz CT molecular complexity index is 468. The van der Waals surface area contributed by atoms with Gasteiger partial charge in [0, 0.05) is 38.1 Å². The standard InChI is InChI=1S/C20H35N3O2/c1-15(2)5-8-19(24)22-12-9-18(10-13-22)23-11-3-4-16(14-23)20(25)21-17-6-7-17/h15-18H,3-14H2,1-2H3,(H,21,25)/t16-/m1/s1. The van der Waals surface area contributed by atoms with E-state index in [0.29, 0.717) is 30.3 Å². The van der Waals surface area contributed by atoms with E-state index in [2.05, 4.69) is 29.0 Å². The third-order valence-corrected chi connectivity index (χ3v) is 6.02. The van der Waals surface area contributed by atoms with E-state index in [1.54, 1.807) is 0 Å². The molecular formula is C20H35N3O2. The number of hydrogen-bond donors (Lipinski definition) is 1. The highest BCUT2D eigenvalue weighted by atomic mass is 16.2. The number of hydrogen-bond acceptors (Lipinski definition) is 3. The Morgan fingerprint density at radius 3 is 2.40 bits per heavy atom. The van der Waals surface area contributed by atoms with Crippen LogP contribution in [0.15, 0.2) is 0 Å². The molecule has 25 heavy (non-hydrogen) atoms. The first-order valence-corrected chi connectivity index (χ1v) is 10.3. The van der Waals surface area contributed by atoms with Crippen molar-refractivity contribution in [1.29, 1.82) is 0 Å². The molecule has 0 unspecified atom stereocenters. The summed E-state index contributed by atoms with van der Waals surface area (Å²) in [6.07, 6.45) is 8.27. The maximum absolute atomic E-state index is 12.4. The van der Waals surface area contributed by atoms with Crippen LogP contribution in [0, 0.1) is 11.8 Å². The molecule has 3 aliphatic rings. The smallest absolute Gasteiger partial charge is 0.224 e. The summed E-state index contributed by atoms with van der Waals surface area (Å²) in [4.78, 5) is 29.2. The maximum Gasteiger partial charge on any atom is 0.224 e. The quantitative estimate of drug-likeness (QED) is 0.801. The number of rotatable bonds is 6. The van der Waals surface area contributed by atoms with Crippen LogP contribution in [-0.4, -0.2) is 59.9 Å². The van der Waals surface area contributed by atoms with E-state index in [0.717, 1.165) is 71.1 Å². The summed E-state index contributed by atoms with van der Waals surface area (Å²) in [5, 5.41) is 3.17. The van der Waals surface area contributed by atoms with Crippen molar-refractivity contribution >= 4 is 11.8 Å². The lowest BCUT2D eigenvalue weighted by molar-refractivity contribution is -0.133. The molecule has 1 aliphatic carbocycles. The fourth-order valence-electron chi connectivity index (χ4n) is 4.15. The zero-order valence-electron chi connectivity index (χ0n) is 16.0. The summed E-state index contributed by atoms with van der Waals surface area (Å²) in [5.74, 6) is 1.36. The molecule has 2 saturated heterocycles. The van der Waals surface area contributed by atoms with Crippen molar-refractivity contribution in [3.05, 3.63) is 0 Å². The lowest BCUT2D eigenvalue weighted by atomic mass is 9.93. The SMILES string of the molecule is CC(C)CCC(=O)N1CCC(N2CCC[C@@H](C(=O)NC3CC3)C2)CC1. The van der Waals surface area contributed by atoms with Gasteiger partial charge in [0.2, 0.25) is 11.8 Å². The van der Waals surface area contributed by atoms with Crippen molar-refractivity contribution in [3.63, 3.8) is 0 Å². The molecule has 1 N–H and O–H groups in total. The van der Waals surface area contributed by atoms with Crippen LogP contribution in [0.1, 0.15) is 65.2 Å². The molecule has 0 aromatic heterocycles. The monoisotopic (exact) mass is 349 g/mol. The molecule has 3 rings (SSSR count). The van der Waals surface area contributed by atoms with Gasteiger partial charge in [0.1, 0.15) is 0 Å². The second-order valence-corrected chi connectivity index (χ2v) is 8.66. The lowest BCUT2D eigenvalue weighted by Crippen LogP contribution is -2.51. The largest absolute Gasteiger partial charge is 0.353 e. The number of amides is 2. The molecule has 3 fully saturated rings. The molecule has 2 heterocycles. The van der Waals surface area contributed by atoms with Crippen molar-refractivity contribution in [2.75, 3.05) is 26.2 Å². The van der Waals surface area contributed by atoms with Crippen LogP contribution in [0.4, 0.5) is 0 Å². The molecule has 142 valence electrons. The molecule has 0 spiro atoms. The van der Waals surface area contributed by atoms with Gasteiger partial charge in [-0.1, -0.05) is 13.8 Å². The van der Waals surface area contributed by atoms with Crippen LogP contribution in [0.3, 0.4) is 0 Å². The zero-order chi connectivity index (χ0) is 17.8. The van der Waals surface area contributed by atoms with Gasteiger partial charge in [0.15, 0.2) is 0 Å². The van der Waals surface area contributed by atoms with Crippen LogP contribution in [0.25, 0.3) is 0 Å². The topological polar surface area (TPSA) is 52.7 Å². The second-order valence-electron chi connectivity index (χ2n) is 8.66. The van der Waals surface area contributed by atoms with E-state index in [1.807, 2.05) is 0 Å². The van der Waals surface area contributed by atoms with Gasteiger partial charge in [-0.05, 0) is 57.4 Å². The van der Waals surface area contributed by atoms with Gasteiger partial charge in [-0.25, -0.2) is 0 Å². The predicted molar refractivity (Wildman–Crippen MR) is 99.1 cm³/mol. The summed E-state index contributed by atoms with van der Waals surface area (Å²) in [6.45, 7) is 8.13. The van der Waals surface area contributed by atoms with Gasteiger partial charge in [-0.3, -0.25) is 14.5 Å². The Balaban J connectivity index is 1.42. The molecule has 5 heteroatoms. The molecule has 5 nitrogen and oxygen atoms in total. The van der Waals surface area contributed by atoms with E-state index in [4.69, 9.17) is 0 Å². The van der Waals surface area contributed by atoms with Crippen LogP contribution in [0.5, 0.6) is 0 Å². The first-order chi connectivity index (χ1) is 12.0. The van der Waals surface area contributed by atoms with Gasteiger partial charge in [0.25, 0.3) is 0 Å². The average Bonchev–Trinajstić information content (AvgIpc) is 3.44. The molecule has 2 amide bonds. The normalized spacial score (nSPS) is 26.0. The zero-order valence-corrected chi connectivity index (χ0v) is 16.0. The van der Waals surface area contributed by atoms with Crippen LogP contribution in [-0.2, 0) is 9.59 Å². The first kappa shape index (κ1) is 18.7. The molecule has 0 radical (unpaired) electrons. The van der Waals surface area contributed by atoms with Crippen molar-refractivity contribution in [2.45, 2.75) is 77.3 Å². The van der Waals surface area contributed by atoms with E-state index < -0.39 is 0 Å². The highest BCUT2D eigenvalue weighted by Crippen LogP contribution is 2.26. The van der Waals surface area contributed by atoms with Crippen molar-refractivity contribution in [3.8, 4) is 0 Å². The average molecular weight is 350 g/mol. The second kappa shape index (κ2) is 8.52. The molecule has 1 saturated carbocycles. The summed E-state index contributed by atoms with van der Waals surface area (Å²) >= 11 is 0. The third-order valence-electron chi connectivity index (χ3n) is 6.02. The summed E-state index contributed by atoms with van der Waals surface area (Å²) in [5.41, 5.74) is 0. The number of likely N-dealkylation sites (tertiary alicyclic amines) is 2. The number of carbonyl (C=O) groups is 2. The third kappa shape index (κ3) is 5.44. The van der Waals surface area contributed by atoms with Crippen LogP contribution in [0.2, 0.25) is 0 Å². The lowest BCUT2D eigenvalue weighted by Gasteiger charge is -2.42. The van der Waals surface area contributed by atoms with Crippen molar-refractivity contribution in [2.24, 2.45) is 11.8 Å². The van der Waals surface area contributed by atoms with Crippen molar-refractivity contribution < 1.29 is 9.59 Å². The summed E-state index contributed by atoms with van der Waals surface area (Å²) in [7, 11) is 0. The minimum Gasteiger partial charge on any atom is -0.353 e. The van der Waals surface area contributed by atoms with Gasteiger partial charge in [-0.15, -0.1) is 0 Å². The fourth-order valence-corrected chi connectivity index (χ4v) is 4.15. The Kier molecular flexibility index (Phi) is 6.37. The Morgan fingerprint density at radius 1 is 1.04 bits per heavy atom. The van der Waals surface area contributed by atoms with Crippen molar-refractivity contribution in [1.82, 2.24) is 15.1 Å². The predicted octanol–water partition coefficient (Wildman–Crippen LogP) is 2.40. The highest BCUT2D eigenvalue weighted by Gasteiger charge is 2.34. The maximum atomic E-state index is 12.4. The van der Waals surface area contributed by atoms with E-state index in [9.17, 15) is 9.59 Å². The summed E-state index contributed by atoms with van der Waals surface area (Å²) in [6, 6.07) is 1.01. The molecule has 1 atom stereocenters. The highest BCUT2D eigenvalue weighted by molar-refractivity contribution is 5.79. The summed E-state index contributed by atoms with van der Waals surface area (Å²) < 4.78 is 0. The van der Waals surface area contributed by atoms with Gasteiger partial charge in [-0.2, -0.15) is 0 Å². The molecule has 0 aromatic carbocycles. The molecular weight excluding hydrogens is 314 g/mol. The van der Waals surface area contributed by atoms with Gasteiger partial charge in [0.05, 0.1) is 5.92 Å². The number of nitrogens with one attached hydrogen (secondary N) is 1. The Morgan fingerprint density at radius 2 is 1.76 bits per heavy atom. The molecule has 2 aliphatic heterocycles. The minimum absolute atomic E-state index is 0.167. The molecule has 0 bridgehead atoms.